The number of rotatable bonds is 6. The lowest BCUT2D eigenvalue weighted by Gasteiger charge is -2.31. The van der Waals surface area contributed by atoms with Crippen LogP contribution in [-0.2, 0) is 11.3 Å². The van der Waals surface area contributed by atoms with Gasteiger partial charge >= 0.3 is 0 Å². The summed E-state index contributed by atoms with van der Waals surface area (Å²) in [6.07, 6.45) is 1.40. The summed E-state index contributed by atoms with van der Waals surface area (Å²) < 4.78 is 5.60. The molecular formula is C14H24N2OS2. The van der Waals surface area contributed by atoms with Gasteiger partial charge in [-0.15, -0.1) is 11.3 Å². The number of aromatic nitrogens is 1. The van der Waals surface area contributed by atoms with Crippen LogP contribution in [0.2, 0.25) is 0 Å². The molecule has 0 aliphatic carbocycles. The Bertz CT molecular complexity index is 383. The summed E-state index contributed by atoms with van der Waals surface area (Å²) >= 11 is 3.84. The topological polar surface area (TPSA) is 25.4 Å². The van der Waals surface area contributed by atoms with Gasteiger partial charge in [-0.25, -0.2) is 4.98 Å². The van der Waals surface area contributed by atoms with Gasteiger partial charge in [0.25, 0.3) is 0 Å². The Hall–Kier alpha value is -0.100. The molecule has 0 N–H and O–H groups in total. The van der Waals surface area contributed by atoms with Gasteiger partial charge in [-0.2, -0.15) is 11.8 Å². The van der Waals surface area contributed by atoms with Crippen molar-refractivity contribution < 1.29 is 4.74 Å². The van der Waals surface area contributed by atoms with Gasteiger partial charge in [0.2, 0.25) is 0 Å². The van der Waals surface area contributed by atoms with Crippen LogP contribution in [0.1, 0.15) is 44.0 Å². The molecule has 2 heterocycles. The third-order valence-corrected chi connectivity index (χ3v) is 5.82. The van der Waals surface area contributed by atoms with E-state index in [9.17, 15) is 0 Å². The maximum Gasteiger partial charge on any atom is 0.122 e. The summed E-state index contributed by atoms with van der Waals surface area (Å²) in [4.78, 5) is 7.26. The van der Waals surface area contributed by atoms with E-state index in [1.165, 1.54) is 31.0 Å². The summed E-state index contributed by atoms with van der Waals surface area (Å²) in [6.45, 7) is 10.5. The lowest BCUT2D eigenvalue weighted by Crippen LogP contribution is -2.37. The molecule has 0 unspecified atom stereocenters. The molecule has 2 rings (SSSR count). The number of thioether (sulfide) groups is 1. The number of hydrogen-bond donors (Lipinski definition) is 0. The molecule has 3 nitrogen and oxygen atoms in total. The fraction of sp³-hybridized carbons (Fsp3) is 0.786. The van der Waals surface area contributed by atoms with Crippen LogP contribution in [0.15, 0.2) is 5.38 Å². The van der Waals surface area contributed by atoms with Crippen LogP contribution in [0.3, 0.4) is 0 Å². The van der Waals surface area contributed by atoms with Crippen molar-refractivity contribution in [3.8, 4) is 0 Å². The molecule has 0 spiro atoms. The molecule has 1 fully saturated rings. The molecule has 0 amide bonds. The monoisotopic (exact) mass is 300 g/mol. The van der Waals surface area contributed by atoms with Crippen molar-refractivity contribution in [3.05, 3.63) is 16.1 Å². The van der Waals surface area contributed by atoms with E-state index in [-0.39, 0.29) is 6.10 Å². The number of hydrogen-bond acceptors (Lipinski definition) is 5. The van der Waals surface area contributed by atoms with Gasteiger partial charge in [-0.3, -0.25) is 4.90 Å². The van der Waals surface area contributed by atoms with Gasteiger partial charge in [-0.1, -0.05) is 6.92 Å². The van der Waals surface area contributed by atoms with Crippen molar-refractivity contribution in [2.75, 3.05) is 25.4 Å². The number of ether oxygens (including phenoxy) is 1. The lowest BCUT2D eigenvalue weighted by atomic mass is 10.3. The smallest absolute Gasteiger partial charge is 0.122 e. The zero-order valence-corrected chi connectivity index (χ0v) is 13.7. The average Bonchev–Trinajstić information content (AvgIpc) is 2.88. The molecule has 19 heavy (non-hydrogen) atoms. The Morgan fingerprint density at radius 2 is 2.37 bits per heavy atom. The van der Waals surface area contributed by atoms with Crippen molar-refractivity contribution >= 4 is 23.1 Å². The fourth-order valence-corrected chi connectivity index (χ4v) is 4.37. The second-order valence-electron chi connectivity index (χ2n) is 4.91. The van der Waals surface area contributed by atoms with E-state index in [1.807, 2.05) is 6.92 Å². The van der Waals surface area contributed by atoms with Crippen molar-refractivity contribution in [1.82, 2.24) is 9.88 Å². The second kappa shape index (κ2) is 7.62. The van der Waals surface area contributed by atoms with Gasteiger partial charge in [-0.05, 0) is 20.3 Å². The highest BCUT2D eigenvalue weighted by Gasteiger charge is 2.20. The molecule has 0 radical (unpaired) electrons. The third kappa shape index (κ3) is 4.45. The molecule has 1 aromatic heterocycles. The standard InChI is InChI=1S/C14H24N2OS2/c1-4-13-9-16(6-7-18-13)8-12-10-19-14(15-12)11(3)17-5-2/h10-11,13H,4-9H2,1-3H3/t11-,13-/m0/s1. The minimum atomic E-state index is 0.129. The van der Waals surface area contributed by atoms with E-state index in [1.54, 1.807) is 11.3 Å². The van der Waals surface area contributed by atoms with Crippen LogP contribution in [0.5, 0.6) is 0 Å². The first-order valence-corrected chi connectivity index (χ1v) is 9.05. The summed E-state index contributed by atoms with van der Waals surface area (Å²) in [6, 6.07) is 0. The van der Waals surface area contributed by atoms with E-state index >= 15 is 0 Å². The van der Waals surface area contributed by atoms with Crippen molar-refractivity contribution in [2.24, 2.45) is 0 Å². The Morgan fingerprint density at radius 1 is 1.53 bits per heavy atom. The highest BCUT2D eigenvalue weighted by molar-refractivity contribution is 8.00. The molecule has 0 aromatic carbocycles. The zero-order valence-electron chi connectivity index (χ0n) is 12.1. The second-order valence-corrected chi connectivity index (χ2v) is 7.21. The number of nitrogens with zero attached hydrogens (tertiary/aromatic N) is 2. The Kier molecular flexibility index (Phi) is 6.13. The Labute approximate surface area is 124 Å². The summed E-state index contributed by atoms with van der Waals surface area (Å²) in [5.41, 5.74) is 1.20. The minimum absolute atomic E-state index is 0.129. The molecule has 1 saturated heterocycles. The van der Waals surface area contributed by atoms with Gasteiger partial charge in [0.1, 0.15) is 11.1 Å². The van der Waals surface area contributed by atoms with E-state index in [0.29, 0.717) is 0 Å². The minimum Gasteiger partial charge on any atom is -0.372 e. The third-order valence-electron chi connectivity index (χ3n) is 3.40. The molecule has 2 atom stereocenters. The first-order chi connectivity index (χ1) is 9.22. The summed E-state index contributed by atoms with van der Waals surface area (Å²) in [7, 11) is 0. The lowest BCUT2D eigenvalue weighted by molar-refractivity contribution is 0.0760. The summed E-state index contributed by atoms with van der Waals surface area (Å²) in [5.74, 6) is 1.25. The Morgan fingerprint density at radius 3 is 3.11 bits per heavy atom. The van der Waals surface area contributed by atoms with Crippen LogP contribution in [-0.4, -0.2) is 40.6 Å². The predicted octanol–water partition coefficient (Wildman–Crippen LogP) is 3.57. The van der Waals surface area contributed by atoms with E-state index < -0.39 is 0 Å². The Balaban J connectivity index is 1.88. The van der Waals surface area contributed by atoms with Crippen LogP contribution in [0, 0.1) is 0 Å². The molecular weight excluding hydrogens is 276 g/mol. The molecule has 5 heteroatoms. The normalized spacial score (nSPS) is 22.6. The van der Waals surface area contributed by atoms with Crippen molar-refractivity contribution in [2.45, 2.75) is 45.1 Å². The van der Waals surface area contributed by atoms with Crippen LogP contribution >= 0.6 is 23.1 Å². The molecule has 1 aliphatic heterocycles. The molecule has 0 saturated carbocycles. The molecule has 108 valence electrons. The van der Waals surface area contributed by atoms with Crippen molar-refractivity contribution in [3.63, 3.8) is 0 Å². The predicted molar refractivity (Wildman–Crippen MR) is 84.0 cm³/mol. The first kappa shape index (κ1) is 15.3. The van der Waals surface area contributed by atoms with E-state index in [2.05, 4.69) is 35.9 Å². The maximum absolute atomic E-state index is 5.60. The highest BCUT2D eigenvalue weighted by atomic mass is 32.2. The maximum atomic E-state index is 5.60. The van der Waals surface area contributed by atoms with Crippen LogP contribution in [0.25, 0.3) is 0 Å². The van der Waals surface area contributed by atoms with Gasteiger partial charge < -0.3 is 4.74 Å². The number of thiazole rings is 1. The quantitative estimate of drug-likeness (QED) is 0.802. The highest BCUT2D eigenvalue weighted by Crippen LogP contribution is 2.25. The molecule has 1 aromatic rings. The zero-order chi connectivity index (χ0) is 13.7. The molecule has 1 aliphatic rings. The first-order valence-electron chi connectivity index (χ1n) is 7.12. The SMILES string of the molecule is CCO[C@@H](C)c1nc(CN2CCS[C@@H](CC)C2)cs1. The van der Waals surface area contributed by atoms with Crippen LogP contribution in [0.4, 0.5) is 0 Å². The summed E-state index contributed by atoms with van der Waals surface area (Å²) in [5, 5.41) is 4.09. The molecule has 0 bridgehead atoms. The van der Waals surface area contributed by atoms with Crippen LogP contribution < -0.4 is 0 Å². The van der Waals surface area contributed by atoms with E-state index in [0.717, 1.165) is 23.4 Å². The average molecular weight is 300 g/mol. The van der Waals surface area contributed by atoms with E-state index in [4.69, 9.17) is 9.72 Å². The van der Waals surface area contributed by atoms with Crippen molar-refractivity contribution in [1.29, 1.82) is 0 Å². The largest absolute Gasteiger partial charge is 0.372 e. The van der Waals surface area contributed by atoms with Gasteiger partial charge in [0.15, 0.2) is 0 Å². The van der Waals surface area contributed by atoms with Gasteiger partial charge in [0, 0.05) is 42.6 Å². The fourth-order valence-electron chi connectivity index (χ4n) is 2.30. The van der Waals surface area contributed by atoms with Gasteiger partial charge in [0.05, 0.1) is 5.69 Å².